The molecule has 0 rings (SSSR count). The topological polar surface area (TPSA) is 49.3 Å². The number of carbonyl (C=O) groups is 1. The van der Waals surface area contributed by atoms with Crippen molar-refractivity contribution in [3.05, 3.63) is 0 Å². The largest absolute Gasteiger partial charge is 0.394 e. The molecule has 0 spiro atoms. The van der Waals surface area contributed by atoms with Gasteiger partial charge in [0.05, 0.1) is 12.6 Å². The Balaban J connectivity index is 4.69. The second-order valence-electron chi connectivity index (χ2n) is 7.11. The number of nitrogens with one attached hydrogen (secondary N) is 1. The molecular weight excluding hydrogens is 226 g/mol. The van der Waals surface area contributed by atoms with Gasteiger partial charge in [0.25, 0.3) is 0 Å². The molecule has 2 N–H and O–H groups in total. The summed E-state index contributed by atoms with van der Waals surface area (Å²) in [5.74, 6) is 0.800. The Morgan fingerprint density at radius 2 is 1.67 bits per heavy atom. The lowest BCUT2D eigenvalue weighted by Crippen LogP contribution is -2.46. The minimum atomic E-state index is -0.124. The van der Waals surface area contributed by atoms with Gasteiger partial charge in [-0.3, -0.25) is 4.79 Å². The highest BCUT2D eigenvalue weighted by atomic mass is 16.3. The Morgan fingerprint density at radius 3 is 1.94 bits per heavy atom. The highest BCUT2D eigenvalue weighted by Gasteiger charge is 2.34. The molecule has 3 heteroatoms. The summed E-state index contributed by atoms with van der Waals surface area (Å²) in [5.41, 5.74) is -0.0594. The molecule has 3 nitrogen and oxygen atoms in total. The number of aliphatic hydroxyl groups excluding tert-OH is 1. The van der Waals surface area contributed by atoms with Gasteiger partial charge >= 0.3 is 0 Å². The summed E-state index contributed by atoms with van der Waals surface area (Å²) in [5, 5.41) is 12.3. The van der Waals surface area contributed by atoms with E-state index in [1.807, 2.05) is 0 Å². The van der Waals surface area contributed by atoms with Gasteiger partial charge in [0.15, 0.2) is 0 Å². The molecule has 18 heavy (non-hydrogen) atoms. The predicted octanol–water partition coefficient (Wildman–Crippen LogP) is 2.83. The van der Waals surface area contributed by atoms with E-state index in [-0.39, 0.29) is 29.9 Å². The zero-order chi connectivity index (χ0) is 14.5. The first-order valence-corrected chi connectivity index (χ1v) is 7.00. The van der Waals surface area contributed by atoms with Crippen LogP contribution < -0.4 is 5.32 Å². The Labute approximate surface area is 112 Å². The zero-order valence-electron chi connectivity index (χ0n) is 13.1. The highest BCUT2D eigenvalue weighted by Crippen LogP contribution is 2.32. The molecule has 2 atom stereocenters. The number of carbonyl (C=O) groups excluding carboxylic acids is 1. The lowest BCUT2D eigenvalue weighted by molar-refractivity contribution is -0.131. The van der Waals surface area contributed by atoms with Crippen molar-refractivity contribution in [3.8, 4) is 0 Å². The normalized spacial score (nSPS) is 15.9. The average molecular weight is 257 g/mol. The second kappa shape index (κ2) is 7.13. The fraction of sp³-hybridized carbons (Fsp3) is 0.933. The van der Waals surface area contributed by atoms with E-state index in [1.54, 1.807) is 0 Å². The minimum absolute atomic E-state index is 0.0128. The number of amides is 1. The first-order valence-electron chi connectivity index (χ1n) is 7.00. The molecule has 0 aromatic rings. The first-order chi connectivity index (χ1) is 8.09. The lowest BCUT2D eigenvalue weighted by Gasteiger charge is -2.34. The summed E-state index contributed by atoms with van der Waals surface area (Å²) in [6.07, 6.45) is 0.817. The Kier molecular flexibility index (Phi) is 6.90. The van der Waals surface area contributed by atoms with E-state index in [2.05, 4.69) is 53.8 Å². The number of hydrogen-bond acceptors (Lipinski definition) is 2. The molecule has 0 aliphatic heterocycles. The smallest absolute Gasteiger partial charge is 0.224 e. The average Bonchev–Trinajstić information content (AvgIpc) is 2.12. The van der Waals surface area contributed by atoms with E-state index in [4.69, 9.17) is 0 Å². The van der Waals surface area contributed by atoms with Gasteiger partial charge in [-0.15, -0.1) is 0 Å². The van der Waals surface area contributed by atoms with Gasteiger partial charge in [-0.25, -0.2) is 0 Å². The maximum Gasteiger partial charge on any atom is 0.224 e. The maximum atomic E-state index is 12.4. The number of aliphatic hydroxyl groups is 1. The van der Waals surface area contributed by atoms with Crippen molar-refractivity contribution >= 4 is 5.91 Å². The van der Waals surface area contributed by atoms with E-state index in [9.17, 15) is 9.90 Å². The van der Waals surface area contributed by atoms with E-state index >= 15 is 0 Å². The molecule has 0 fully saturated rings. The van der Waals surface area contributed by atoms with Crippen LogP contribution in [0.25, 0.3) is 0 Å². The van der Waals surface area contributed by atoms with Gasteiger partial charge in [-0.05, 0) is 23.7 Å². The Bertz CT molecular complexity index is 254. The first kappa shape index (κ1) is 17.4. The molecule has 0 bridgehead atoms. The summed E-state index contributed by atoms with van der Waals surface area (Å²) in [4.78, 5) is 12.4. The zero-order valence-corrected chi connectivity index (χ0v) is 13.1. The Morgan fingerprint density at radius 1 is 1.17 bits per heavy atom. The Hall–Kier alpha value is -0.570. The quantitative estimate of drug-likeness (QED) is 0.768. The van der Waals surface area contributed by atoms with E-state index in [0.717, 1.165) is 6.42 Å². The number of hydrogen-bond donors (Lipinski definition) is 2. The fourth-order valence-corrected chi connectivity index (χ4v) is 2.74. The summed E-state index contributed by atoms with van der Waals surface area (Å²) in [6.45, 7) is 14.6. The van der Waals surface area contributed by atoms with Gasteiger partial charge in [0, 0.05) is 5.92 Å². The van der Waals surface area contributed by atoms with Crippen LogP contribution >= 0.6 is 0 Å². The van der Waals surface area contributed by atoms with Crippen molar-refractivity contribution in [1.82, 2.24) is 5.32 Å². The van der Waals surface area contributed by atoms with E-state index in [1.165, 1.54) is 0 Å². The van der Waals surface area contributed by atoms with Gasteiger partial charge in [-0.2, -0.15) is 0 Å². The van der Waals surface area contributed by atoms with Crippen LogP contribution in [0.4, 0.5) is 0 Å². The van der Waals surface area contributed by atoms with Crippen molar-refractivity contribution in [2.75, 3.05) is 6.61 Å². The summed E-state index contributed by atoms with van der Waals surface area (Å²) < 4.78 is 0. The van der Waals surface area contributed by atoms with E-state index < -0.39 is 0 Å². The number of rotatable bonds is 6. The van der Waals surface area contributed by atoms with Crippen LogP contribution in [0.3, 0.4) is 0 Å². The third-order valence-corrected chi connectivity index (χ3v) is 3.20. The summed E-state index contributed by atoms with van der Waals surface area (Å²) in [6, 6.07) is -0.124. The van der Waals surface area contributed by atoms with Crippen LogP contribution in [0.5, 0.6) is 0 Å². The third kappa shape index (κ3) is 5.85. The third-order valence-electron chi connectivity index (χ3n) is 3.20. The molecule has 0 radical (unpaired) electrons. The van der Waals surface area contributed by atoms with E-state index in [0.29, 0.717) is 11.8 Å². The summed E-state index contributed by atoms with van der Waals surface area (Å²) in [7, 11) is 0. The molecule has 0 aliphatic rings. The fourth-order valence-electron chi connectivity index (χ4n) is 2.74. The molecular formula is C15H31NO2. The molecule has 0 heterocycles. The van der Waals surface area contributed by atoms with Crippen molar-refractivity contribution in [1.29, 1.82) is 0 Å². The molecule has 0 saturated heterocycles. The van der Waals surface area contributed by atoms with Crippen molar-refractivity contribution in [2.24, 2.45) is 23.2 Å². The molecule has 0 unspecified atom stereocenters. The highest BCUT2D eigenvalue weighted by molar-refractivity contribution is 5.80. The maximum absolute atomic E-state index is 12.4. The molecule has 0 saturated carbocycles. The van der Waals surface area contributed by atoms with Crippen LogP contribution in [0, 0.1) is 23.2 Å². The van der Waals surface area contributed by atoms with Gasteiger partial charge in [0.2, 0.25) is 5.91 Å². The van der Waals surface area contributed by atoms with Crippen molar-refractivity contribution in [3.63, 3.8) is 0 Å². The monoisotopic (exact) mass is 257 g/mol. The van der Waals surface area contributed by atoms with Crippen LogP contribution in [0.15, 0.2) is 0 Å². The van der Waals surface area contributed by atoms with Crippen molar-refractivity contribution in [2.45, 2.75) is 60.9 Å². The molecule has 0 aliphatic carbocycles. The van der Waals surface area contributed by atoms with Crippen molar-refractivity contribution < 1.29 is 9.90 Å². The van der Waals surface area contributed by atoms with Crippen LogP contribution in [0.1, 0.15) is 54.9 Å². The van der Waals surface area contributed by atoms with Crippen LogP contribution in [-0.4, -0.2) is 23.7 Å². The summed E-state index contributed by atoms with van der Waals surface area (Å²) >= 11 is 0. The van der Waals surface area contributed by atoms with Gasteiger partial charge in [-0.1, -0.05) is 48.5 Å². The molecule has 0 aromatic heterocycles. The minimum Gasteiger partial charge on any atom is -0.394 e. The van der Waals surface area contributed by atoms with Gasteiger partial charge < -0.3 is 10.4 Å². The SMILES string of the molecule is CC(C)C[C@H](CO)NC(=O)[C@@H](C(C)C)C(C)(C)C. The lowest BCUT2D eigenvalue weighted by atomic mass is 9.73. The van der Waals surface area contributed by atoms with Crippen LogP contribution in [0.2, 0.25) is 0 Å². The molecule has 0 aromatic carbocycles. The van der Waals surface area contributed by atoms with Gasteiger partial charge in [0.1, 0.15) is 0 Å². The van der Waals surface area contributed by atoms with Crippen LogP contribution in [-0.2, 0) is 4.79 Å². The molecule has 108 valence electrons. The predicted molar refractivity (Wildman–Crippen MR) is 76.3 cm³/mol. The second-order valence-corrected chi connectivity index (χ2v) is 7.11. The molecule has 1 amide bonds. The standard InChI is InChI=1S/C15H31NO2/c1-10(2)8-12(9-17)16-14(18)13(11(3)4)15(5,6)7/h10-13,17H,8-9H2,1-7H3,(H,16,18)/t12-,13-/m1/s1.